The molecule has 4 aromatic rings. The van der Waals surface area contributed by atoms with Gasteiger partial charge in [0.15, 0.2) is 5.78 Å². The Balaban J connectivity index is 2.04. The smallest absolute Gasteiger partial charge is 0.198 e. The van der Waals surface area contributed by atoms with E-state index in [1.807, 2.05) is 48.5 Å². The first-order valence-corrected chi connectivity index (χ1v) is 7.05. The van der Waals surface area contributed by atoms with Crippen LogP contribution in [0.2, 0.25) is 0 Å². The number of fused-ring (bicyclic) bond motifs is 3. The fourth-order valence-electron chi connectivity index (χ4n) is 2.77. The highest BCUT2D eigenvalue weighted by Crippen LogP contribution is 2.34. The molecule has 3 heteroatoms. The van der Waals surface area contributed by atoms with Gasteiger partial charge < -0.3 is 10.2 Å². The quantitative estimate of drug-likeness (QED) is 0.439. The van der Waals surface area contributed by atoms with Crippen LogP contribution in [0.5, 0.6) is 0 Å². The van der Waals surface area contributed by atoms with Crippen LogP contribution < -0.4 is 5.73 Å². The molecular weight excluding hydrogens is 274 g/mol. The summed E-state index contributed by atoms with van der Waals surface area (Å²) >= 11 is 0. The van der Waals surface area contributed by atoms with E-state index in [0.29, 0.717) is 22.4 Å². The van der Waals surface area contributed by atoms with Crippen LogP contribution in [0, 0.1) is 0 Å². The van der Waals surface area contributed by atoms with Gasteiger partial charge in [0.25, 0.3) is 0 Å². The van der Waals surface area contributed by atoms with Crippen LogP contribution in [-0.2, 0) is 0 Å². The molecule has 22 heavy (non-hydrogen) atoms. The van der Waals surface area contributed by atoms with Gasteiger partial charge >= 0.3 is 0 Å². The summed E-state index contributed by atoms with van der Waals surface area (Å²) in [6.45, 7) is 0. The lowest BCUT2D eigenvalue weighted by atomic mass is 9.99. The summed E-state index contributed by atoms with van der Waals surface area (Å²) in [5.41, 5.74) is 8.83. The van der Waals surface area contributed by atoms with Crippen LogP contribution in [0.1, 0.15) is 15.9 Å². The topological polar surface area (TPSA) is 56.2 Å². The monoisotopic (exact) mass is 287 g/mol. The molecule has 4 rings (SSSR count). The molecule has 2 N–H and O–H groups in total. The van der Waals surface area contributed by atoms with Crippen molar-refractivity contribution >= 4 is 33.4 Å². The van der Waals surface area contributed by atoms with Gasteiger partial charge in [-0.15, -0.1) is 0 Å². The molecule has 0 spiro atoms. The van der Waals surface area contributed by atoms with Gasteiger partial charge in [-0.05, 0) is 18.2 Å². The number of ketones is 1. The molecule has 3 aromatic carbocycles. The van der Waals surface area contributed by atoms with E-state index in [1.165, 1.54) is 0 Å². The summed E-state index contributed by atoms with van der Waals surface area (Å²) in [7, 11) is 0. The predicted octanol–water partition coefficient (Wildman–Crippen LogP) is 4.40. The Hall–Kier alpha value is -3.07. The average molecular weight is 287 g/mol. The highest BCUT2D eigenvalue weighted by atomic mass is 16.3. The summed E-state index contributed by atoms with van der Waals surface area (Å²) in [6.07, 6.45) is 0. The van der Waals surface area contributed by atoms with Crippen LogP contribution in [0.25, 0.3) is 21.9 Å². The van der Waals surface area contributed by atoms with E-state index in [9.17, 15) is 4.79 Å². The number of nitrogens with two attached hydrogens (primary N) is 1. The molecule has 0 aliphatic rings. The molecule has 0 unspecified atom stereocenters. The normalized spacial score (nSPS) is 11.1. The molecule has 3 nitrogen and oxygen atoms in total. The summed E-state index contributed by atoms with van der Waals surface area (Å²) < 4.78 is 5.91. The molecule has 0 amide bonds. The number of para-hydroxylation sites is 1. The van der Waals surface area contributed by atoms with Crippen molar-refractivity contribution in [3.05, 3.63) is 77.9 Å². The lowest BCUT2D eigenvalue weighted by Crippen LogP contribution is -2.05. The number of benzene rings is 3. The highest BCUT2D eigenvalue weighted by Gasteiger charge is 2.20. The number of anilines is 1. The molecule has 0 saturated heterocycles. The van der Waals surface area contributed by atoms with Gasteiger partial charge in [-0.2, -0.15) is 0 Å². The van der Waals surface area contributed by atoms with Crippen molar-refractivity contribution in [2.45, 2.75) is 0 Å². The number of carbonyl (C=O) groups is 1. The minimum absolute atomic E-state index is 0.122. The fourth-order valence-corrected chi connectivity index (χ4v) is 2.77. The van der Waals surface area contributed by atoms with Gasteiger partial charge in [0.05, 0.1) is 5.56 Å². The number of hydrogen-bond acceptors (Lipinski definition) is 3. The van der Waals surface area contributed by atoms with E-state index >= 15 is 0 Å². The summed E-state index contributed by atoms with van der Waals surface area (Å²) in [4.78, 5) is 12.8. The molecule has 0 aliphatic carbocycles. The highest BCUT2D eigenvalue weighted by molar-refractivity contribution is 6.21. The molecule has 0 aliphatic heterocycles. The molecule has 0 saturated carbocycles. The second-order valence-electron chi connectivity index (χ2n) is 5.20. The lowest BCUT2D eigenvalue weighted by molar-refractivity contribution is 0.104. The van der Waals surface area contributed by atoms with Gasteiger partial charge in [0, 0.05) is 22.0 Å². The van der Waals surface area contributed by atoms with Crippen molar-refractivity contribution in [1.82, 2.24) is 0 Å². The molecule has 0 fully saturated rings. The van der Waals surface area contributed by atoms with Crippen molar-refractivity contribution in [1.29, 1.82) is 0 Å². The zero-order chi connectivity index (χ0) is 15.1. The second kappa shape index (κ2) is 4.74. The van der Waals surface area contributed by atoms with Gasteiger partial charge in [-0.1, -0.05) is 48.5 Å². The molecular formula is C19H13NO2. The zero-order valence-electron chi connectivity index (χ0n) is 11.7. The van der Waals surface area contributed by atoms with E-state index in [-0.39, 0.29) is 5.78 Å². The Morgan fingerprint density at radius 3 is 2.36 bits per heavy atom. The van der Waals surface area contributed by atoms with E-state index in [1.54, 1.807) is 18.2 Å². The number of nitrogen functional groups attached to an aromatic ring is 1. The summed E-state index contributed by atoms with van der Waals surface area (Å²) in [6, 6.07) is 20.5. The van der Waals surface area contributed by atoms with Gasteiger partial charge in [0.2, 0.25) is 0 Å². The molecule has 1 aromatic heterocycles. The molecule has 0 radical (unpaired) electrons. The van der Waals surface area contributed by atoms with Crippen LogP contribution >= 0.6 is 0 Å². The number of furan rings is 1. The first-order valence-electron chi connectivity index (χ1n) is 7.05. The van der Waals surface area contributed by atoms with Crippen LogP contribution in [-0.4, -0.2) is 5.78 Å². The van der Waals surface area contributed by atoms with Crippen LogP contribution in [0.15, 0.2) is 71.1 Å². The zero-order valence-corrected chi connectivity index (χ0v) is 11.7. The van der Waals surface area contributed by atoms with Gasteiger partial charge in [0.1, 0.15) is 11.2 Å². The van der Waals surface area contributed by atoms with E-state index < -0.39 is 0 Å². The van der Waals surface area contributed by atoms with Gasteiger partial charge in [-0.3, -0.25) is 4.79 Å². The second-order valence-corrected chi connectivity index (χ2v) is 5.20. The Morgan fingerprint density at radius 2 is 1.55 bits per heavy atom. The standard InChI is InChI=1S/C19H13NO2/c20-15-11-10-14-13-8-4-5-9-16(13)22-19(14)17(15)18(21)12-6-2-1-3-7-12/h1-11H,20H2. The minimum Gasteiger partial charge on any atom is -0.455 e. The van der Waals surface area contributed by atoms with E-state index in [4.69, 9.17) is 10.2 Å². The number of rotatable bonds is 2. The van der Waals surface area contributed by atoms with Crippen LogP contribution in [0.3, 0.4) is 0 Å². The van der Waals surface area contributed by atoms with Crippen LogP contribution in [0.4, 0.5) is 5.69 Å². The Morgan fingerprint density at radius 1 is 0.818 bits per heavy atom. The lowest BCUT2D eigenvalue weighted by Gasteiger charge is -2.05. The maximum Gasteiger partial charge on any atom is 0.198 e. The minimum atomic E-state index is -0.122. The predicted molar refractivity (Wildman–Crippen MR) is 88.0 cm³/mol. The molecule has 106 valence electrons. The van der Waals surface area contributed by atoms with Crippen molar-refractivity contribution in [3.63, 3.8) is 0 Å². The summed E-state index contributed by atoms with van der Waals surface area (Å²) in [5.74, 6) is -0.122. The Bertz CT molecular complexity index is 1000. The Labute approximate surface area is 127 Å². The third kappa shape index (κ3) is 1.79. The number of hydrogen-bond donors (Lipinski definition) is 1. The maximum atomic E-state index is 12.8. The molecule has 1 heterocycles. The molecule has 0 bridgehead atoms. The number of carbonyl (C=O) groups excluding carboxylic acids is 1. The third-order valence-corrected chi connectivity index (χ3v) is 3.84. The average Bonchev–Trinajstić information content (AvgIpc) is 2.93. The summed E-state index contributed by atoms with van der Waals surface area (Å²) in [5, 5.41) is 1.89. The third-order valence-electron chi connectivity index (χ3n) is 3.84. The fraction of sp³-hybridized carbons (Fsp3) is 0. The SMILES string of the molecule is Nc1ccc2c(oc3ccccc32)c1C(=O)c1ccccc1. The first kappa shape index (κ1) is 12.7. The largest absolute Gasteiger partial charge is 0.455 e. The first-order chi connectivity index (χ1) is 10.8. The van der Waals surface area contributed by atoms with Crippen molar-refractivity contribution in [2.75, 3.05) is 5.73 Å². The molecule has 0 atom stereocenters. The van der Waals surface area contributed by atoms with Crippen molar-refractivity contribution in [2.24, 2.45) is 0 Å². The van der Waals surface area contributed by atoms with Crippen molar-refractivity contribution in [3.8, 4) is 0 Å². The van der Waals surface area contributed by atoms with Crippen molar-refractivity contribution < 1.29 is 9.21 Å². The Kier molecular flexibility index (Phi) is 2.73. The maximum absolute atomic E-state index is 12.8. The van der Waals surface area contributed by atoms with E-state index in [0.717, 1.165) is 16.4 Å². The van der Waals surface area contributed by atoms with Gasteiger partial charge in [-0.25, -0.2) is 0 Å². The van der Waals surface area contributed by atoms with E-state index in [2.05, 4.69) is 0 Å².